The van der Waals surface area contributed by atoms with Crippen LogP contribution in [0.2, 0.25) is 0 Å². The normalized spacial score (nSPS) is 11.6. The van der Waals surface area contributed by atoms with Crippen LogP contribution in [0.3, 0.4) is 0 Å². The molecule has 8 aromatic carbocycles. The van der Waals surface area contributed by atoms with Gasteiger partial charge in [-0.3, -0.25) is 9.36 Å². The van der Waals surface area contributed by atoms with Crippen LogP contribution in [0.1, 0.15) is 0 Å². The Morgan fingerprint density at radius 2 is 0.822 bits per heavy atom. The van der Waals surface area contributed by atoms with Crippen LogP contribution in [0.25, 0.3) is 81.9 Å². The number of benzene rings is 8. The van der Waals surface area contributed by atoms with E-state index in [9.17, 15) is 4.79 Å². The lowest BCUT2D eigenvalue weighted by atomic mass is 9.91. The summed E-state index contributed by atoms with van der Waals surface area (Å²) < 4.78 is 1.94. The number of aromatic nitrogens is 1. The minimum atomic E-state index is -0.0123. The van der Waals surface area contributed by atoms with Gasteiger partial charge in [0.2, 0.25) is 0 Å². The van der Waals surface area contributed by atoms with Crippen molar-refractivity contribution in [2.75, 3.05) is 0 Å². The van der Waals surface area contributed by atoms with Gasteiger partial charge in [-0.2, -0.15) is 0 Å². The van der Waals surface area contributed by atoms with Gasteiger partial charge < -0.3 is 0 Å². The highest BCUT2D eigenvalue weighted by molar-refractivity contribution is 6.28. The maximum absolute atomic E-state index is 14.5. The van der Waals surface area contributed by atoms with Crippen molar-refractivity contribution < 1.29 is 0 Å². The molecule has 210 valence electrons. The Bertz CT molecular complexity index is 2620. The summed E-state index contributed by atoms with van der Waals surface area (Å²) >= 11 is 0. The van der Waals surface area contributed by atoms with E-state index >= 15 is 0 Å². The van der Waals surface area contributed by atoms with Crippen molar-refractivity contribution in [3.05, 3.63) is 174 Å². The first kappa shape index (κ1) is 25.5. The fraction of sp³-hybridized carbons (Fsp3) is 0. The van der Waals surface area contributed by atoms with Crippen LogP contribution < -0.4 is 5.56 Å². The van der Waals surface area contributed by atoms with Gasteiger partial charge in [-0.15, -0.1) is 0 Å². The van der Waals surface area contributed by atoms with E-state index < -0.39 is 0 Å². The molecule has 1 aromatic heterocycles. The average molecular weight is 574 g/mol. The number of nitrogens with zero attached hydrogens (tertiary/aromatic N) is 1. The van der Waals surface area contributed by atoms with Gasteiger partial charge in [-0.05, 0) is 84.9 Å². The Kier molecular flexibility index (Phi) is 5.69. The predicted molar refractivity (Wildman–Crippen MR) is 190 cm³/mol. The van der Waals surface area contributed by atoms with E-state index in [4.69, 9.17) is 0 Å². The van der Waals surface area contributed by atoms with Crippen LogP contribution in [-0.2, 0) is 0 Å². The van der Waals surface area contributed by atoms with Crippen LogP contribution >= 0.6 is 0 Å². The van der Waals surface area contributed by atoms with E-state index in [1.165, 1.54) is 27.3 Å². The highest BCUT2D eigenvalue weighted by atomic mass is 16.1. The number of fused-ring (bicyclic) bond motifs is 9. The van der Waals surface area contributed by atoms with E-state index in [1.54, 1.807) is 0 Å². The van der Waals surface area contributed by atoms with Gasteiger partial charge in [0, 0.05) is 16.2 Å². The van der Waals surface area contributed by atoms with Crippen molar-refractivity contribution in [3.63, 3.8) is 0 Å². The fourth-order valence-electron chi connectivity index (χ4n) is 7.11. The summed E-state index contributed by atoms with van der Waals surface area (Å²) in [6.45, 7) is 0. The fourth-order valence-corrected chi connectivity index (χ4v) is 7.11. The first-order chi connectivity index (χ1) is 22.3. The van der Waals surface area contributed by atoms with Crippen LogP contribution in [0.5, 0.6) is 0 Å². The molecular formula is C43H27NO. The van der Waals surface area contributed by atoms with Gasteiger partial charge in [0.1, 0.15) is 0 Å². The van der Waals surface area contributed by atoms with Crippen LogP contribution in [0, 0.1) is 0 Å². The van der Waals surface area contributed by atoms with E-state index in [1.807, 2.05) is 28.8 Å². The monoisotopic (exact) mass is 573 g/mol. The zero-order valence-electron chi connectivity index (χ0n) is 24.4. The summed E-state index contributed by atoms with van der Waals surface area (Å²) in [6, 6.07) is 57.1. The lowest BCUT2D eigenvalue weighted by Gasteiger charge is -2.19. The molecule has 1 heterocycles. The van der Waals surface area contributed by atoms with Crippen molar-refractivity contribution in [1.29, 1.82) is 0 Å². The van der Waals surface area contributed by atoms with Crippen molar-refractivity contribution in [3.8, 4) is 27.9 Å². The first-order valence-corrected chi connectivity index (χ1v) is 15.3. The van der Waals surface area contributed by atoms with Gasteiger partial charge >= 0.3 is 0 Å². The van der Waals surface area contributed by atoms with E-state index in [-0.39, 0.29) is 5.56 Å². The molecule has 0 aliphatic heterocycles. The smallest absolute Gasteiger partial charge is 0.263 e. The molecule has 0 radical (unpaired) electrons. The van der Waals surface area contributed by atoms with Crippen molar-refractivity contribution in [2.24, 2.45) is 0 Å². The SMILES string of the molecule is O=c1c2ccccc2c2cc(-c3ccccc3)ccc2n1-c1cccc2c3ccc(-c4ccccc4)cc3c3ccccc3c12. The largest absolute Gasteiger partial charge is 0.276 e. The Hall–Kier alpha value is -5.99. The van der Waals surface area contributed by atoms with Crippen LogP contribution in [-0.4, -0.2) is 4.57 Å². The summed E-state index contributed by atoms with van der Waals surface area (Å²) in [4.78, 5) is 14.5. The summed E-state index contributed by atoms with van der Waals surface area (Å²) in [5.41, 5.74) is 6.44. The van der Waals surface area contributed by atoms with E-state index in [2.05, 4.69) is 140 Å². The second-order valence-corrected chi connectivity index (χ2v) is 11.7. The molecule has 9 rings (SSSR count). The molecule has 0 atom stereocenters. The number of rotatable bonds is 3. The number of hydrogen-bond acceptors (Lipinski definition) is 1. The van der Waals surface area contributed by atoms with Gasteiger partial charge in [0.15, 0.2) is 0 Å². The van der Waals surface area contributed by atoms with Crippen LogP contribution in [0.4, 0.5) is 0 Å². The highest BCUT2D eigenvalue weighted by Crippen LogP contribution is 2.40. The Labute approximate surface area is 260 Å². The standard InChI is InChI=1S/C43H27NO/c45-43-37-19-10-8-17-33(37)39-27-31(29-14-5-2-6-15-29)23-25-40(39)44(43)41-21-11-20-36-34-24-22-30(28-12-3-1-4-13-28)26-38(34)32-16-7-9-18-35(32)42(36)41/h1-27H. The predicted octanol–water partition coefficient (Wildman–Crippen LogP) is 10.9. The van der Waals surface area contributed by atoms with Gasteiger partial charge in [-0.1, -0.05) is 133 Å². The zero-order chi connectivity index (χ0) is 29.9. The lowest BCUT2D eigenvalue weighted by Crippen LogP contribution is -2.19. The van der Waals surface area contributed by atoms with E-state index in [0.717, 1.165) is 49.3 Å². The molecule has 0 N–H and O–H groups in total. The minimum absolute atomic E-state index is 0.0123. The maximum atomic E-state index is 14.5. The van der Waals surface area contributed by atoms with Crippen molar-refractivity contribution in [1.82, 2.24) is 4.57 Å². The molecule has 0 unspecified atom stereocenters. The molecule has 0 aliphatic carbocycles. The third-order valence-corrected chi connectivity index (χ3v) is 9.18. The third kappa shape index (κ3) is 3.93. The lowest BCUT2D eigenvalue weighted by molar-refractivity contribution is 1.07. The average Bonchev–Trinajstić information content (AvgIpc) is 3.12. The first-order valence-electron chi connectivity index (χ1n) is 15.3. The second-order valence-electron chi connectivity index (χ2n) is 11.7. The summed E-state index contributed by atoms with van der Waals surface area (Å²) in [5, 5.41) is 9.65. The Morgan fingerprint density at radius 3 is 1.49 bits per heavy atom. The Balaban J connectivity index is 1.41. The van der Waals surface area contributed by atoms with Gasteiger partial charge in [-0.25, -0.2) is 0 Å². The molecule has 45 heavy (non-hydrogen) atoms. The number of hydrogen-bond donors (Lipinski definition) is 0. The third-order valence-electron chi connectivity index (χ3n) is 9.18. The van der Waals surface area contributed by atoms with Crippen LogP contribution in [0.15, 0.2) is 169 Å². The van der Waals surface area contributed by atoms with Gasteiger partial charge in [0.05, 0.1) is 11.2 Å². The molecular weight excluding hydrogens is 546 g/mol. The molecule has 0 bridgehead atoms. The summed E-state index contributed by atoms with van der Waals surface area (Å²) in [7, 11) is 0. The quantitative estimate of drug-likeness (QED) is 0.193. The van der Waals surface area contributed by atoms with Gasteiger partial charge in [0.25, 0.3) is 5.56 Å². The molecule has 0 saturated heterocycles. The molecule has 2 nitrogen and oxygen atoms in total. The van der Waals surface area contributed by atoms with Crippen molar-refractivity contribution in [2.45, 2.75) is 0 Å². The van der Waals surface area contributed by atoms with Crippen molar-refractivity contribution >= 4 is 54.0 Å². The van der Waals surface area contributed by atoms with E-state index in [0.29, 0.717) is 5.39 Å². The molecule has 0 saturated carbocycles. The number of pyridine rings is 1. The second kappa shape index (κ2) is 10.0. The topological polar surface area (TPSA) is 22.0 Å². The highest BCUT2D eigenvalue weighted by Gasteiger charge is 2.18. The molecule has 0 aliphatic rings. The summed E-state index contributed by atoms with van der Waals surface area (Å²) in [5.74, 6) is 0. The maximum Gasteiger partial charge on any atom is 0.263 e. The molecule has 0 amide bonds. The molecule has 9 aromatic rings. The minimum Gasteiger partial charge on any atom is -0.276 e. The molecule has 0 spiro atoms. The molecule has 2 heteroatoms. The Morgan fingerprint density at radius 1 is 0.333 bits per heavy atom. The molecule has 0 fully saturated rings. The zero-order valence-corrected chi connectivity index (χ0v) is 24.4. The summed E-state index contributed by atoms with van der Waals surface area (Å²) in [6.07, 6.45) is 0.